The second-order valence-electron chi connectivity index (χ2n) is 7.80. The predicted molar refractivity (Wildman–Crippen MR) is 110 cm³/mol. The van der Waals surface area contributed by atoms with Crippen LogP contribution < -0.4 is 9.47 Å². The van der Waals surface area contributed by atoms with Crippen LogP contribution in [0.3, 0.4) is 0 Å². The summed E-state index contributed by atoms with van der Waals surface area (Å²) in [5.74, 6) is 2.75. The number of allylic oxidation sites excluding steroid dienone is 1. The molecule has 0 spiro atoms. The maximum atomic E-state index is 6.26. The largest absolute Gasteiger partial charge is 0.488 e. The zero-order valence-corrected chi connectivity index (χ0v) is 16.0. The molecular weight excluding hydrogens is 332 g/mol. The molecule has 0 unspecified atom stereocenters. The van der Waals surface area contributed by atoms with E-state index in [4.69, 9.17) is 9.47 Å². The highest BCUT2D eigenvalue weighted by Gasteiger charge is 2.25. The van der Waals surface area contributed by atoms with Gasteiger partial charge < -0.3 is 9.47 Å². The Hall–Kier alpha value is -3.00. The molecule has 1 aliphatic rings. The summed E-state index contributed by atoms with van der Waals surface area (Å²) in [6.45, 7) is 6.18. The van der Waals surface area contributed by atoms with Crippen LogP contribution in [0, 0.1) is 0 Å². The van der Waals surface area contributed by atoms with Crippen LogP contribution in [0.1, 0.15) is 43.4 Å². The molecule has 4 rings (SSSR count). The van der Waals surface area contributed by atoms with Gasteiger partial charge in [-0.1, -0.05) is 60.7 Å². The Bertz CT molecular complexity index is 951. The summed E-state index contributed by atoms with van der Waals surface area (Å²) in [6, 6.07) is 26.9. The molecule has 0 saturated heterocycles. The van der Waals surface area contributed by atoms with Crippen molar-refractivity contribution in [2.45, 2.75) is 32.3 Å². The first-order valence-electron chi connectivity index (χ1n) is 9.33. The Labute approximate surface area is 161 Å². The lowest BCUT2D eigenvalue weighted by Gasteiger charge is -2.28. The molecule has 3 aromatic carbocycles. The van der Waals surface area contributed by atoms with Crippen molar-refractivity contribution in [1.29, 1.82) is 0 Å². The lowest BCUT2D eigenvalue weighted by molar-refractivity contribution is 0.130. The topological polar surface area (TPSA) is 18.5 Å². The van der Waals surface area contributed by atoms with Gasteiger partial charge in [-0.05, 0) is 50.6 Å². The van der Waals surface area contributed by atoms with Crippen LogP contribution in [0.4, 0.5) is 0 Å². The highest BCUT2D eigenvalue weighted by molar-refractivity contribution is 5.68. The van der Waals surface area contributed by atoms with Gasteiger partial charge in [0.1, 0.15) is 22.9 Å². The fourth-order valence-electron chi connectivity index (χ4n) is 3.37. The average molecular weight is 356 g/mol. The molecule has 0 bridgehead atoms. The number of ether oxygens (including phenoxy) is 2. The minimum Gasteiger partial charge on any atom is -0.488 e. The SMILES string of the molecule is CC(C)(C)Oc1ccc2c(c1)[C@@H](c1ccccc1)C=C(c1ccccc1)O2. The molecule has 0 aromatic heterocycles. The van der Waals surface area contributed by atoms with E-state index in [1.807, 2.05) is 36.4 Å². The van der Waals surface area contributed by atoms with E-state index in [0.717, 1.165) is 28.4 Å². The number of fused-ring (bicyclic) bond motifs is 1. The van der Waals surface area contributed by atoms with Crippen LogP contribution in [0.5, 0.6) is 11.5 Å². The van der Waals surface area contributed by atoms with Crippen LogP contribution in [-0.4, -0.2) is 5.60 Å². The number of benzene rings is 3. The molecule has 0 saturated carbocycles. The minimum atomic E-state index is -0.239. The van der Waals surface area contributed by atoms with E-state index in [2.05, 4.69) is 69.3 Å². The van der Waals surface area contributed by atoms with Gasteiger partial charge in [0.15, 0.2) is 0 Å². The summed E-state index contributed by atoms with van der Waals surface area (Å²) in [7, 11) is 0. The van der Waals surface area contributed by atoms with Gasteiger partial charge in [-0.2, -0.15) is 0 Å². The van der Waals surface area contributed by atoms with E-state index in [1.54, 1.807) is 0 Å². The Kier molecular flexibility index (Phi) is 4.49. The smallest absolute Gasteiger partial charge is 0.131 e. The standard InChI is InChI=1S/C25H24O2/c1-25(2,3)27-20-14-15-23-22(16-20)21(18-10-6-4-7-11-18)17-24(26-23)19-12-8-5-9-13-19/h4-17,21H,1-3H3/t21-/m1/s1. The maximum absolute atomic E-state index is 6.26. The van der Waals surface area contributed by atoms with E-state index >= 15 is 0 Å². The van der Waals surface area contributed by atoms with Gasteiger partial charge in [0, 0.05) is 17.0 Å². The third-order valence-corrected chi connectivity index (χ3v) is 4.50. The lowest BCUT2D eigenvalue weighted by atomic mass is 9.87. The molecule has 136 valence electrons. The molecule has 0 fully saturated rings. The average Bonchev–Trinajstić information content (AvgIpc) is 2.67. The van der Waals surface area contributed by atoms with Crippen LogP contribution in [-0.2, 0) is 0 Å². The Balaban J connectivity index is 1.80. The molecule has 0 amide bonds. The highest BCUT2D eigenvalue weighted by Crippen LogP contribution is 2.42. The molecule has 0 aliphatic carbocycles. The van der Waals surface area contributed by atoms with Crippen LogP contribution in [0.25, 0.3) is 5.76 Å². The van der Waals surface area contributed by atoms with Crippen molar-refractivity contribution in [1.82, 2.24) is 0 Å². The van der Waals surface area contributed by atoms with E-state index in [9.17, 15) is 0 Å². The molecule has 1 atom stereocenters. The summed E-state index contributed by atoms with van der Waals surface area (Å²) >= 11 is 0. The molecule has 27 heavy (non-hydrogen) atoms. The van der Waals surface area contributed by atoms with Crippen molar-refractivity contribution in [2.75, 3.05) is 0 Å². The Morgan fingerprint density at radius 3 is 2.15 bits per heavy atom. The zero-order chi connectivity index (χ0) is 18.9. The third kappa shape index (κ3) is 3.90. The van der Waals surface area contributed by atoms with Gasteiger partial charge in [-0.25, -0.2) is 0 Å². The molecule has 2 heteroatoms. The number of hydrogen-bond acceptors (Lipinski definition) is 2. The monoisotopic (exact) mass is 356 g/mol. The summed E-state index contributed by atoms with van der Waals surface area (Å²) in [5, 5.41) is 0. The van der Waals surface area contributed by atoms with Crippen molar-refractivity contribution in [3.05, 3.63) is 102 Å². The molecule has 2 nitrogen and oxygen atoms in total. The molecule has 0 radical (unpaired) electrons. The van der Waals surface area contributed by atoms with Gasteiger partial charge in [0.2, 0.25) is 0 Å². The van der Waals surface area contributed by atoms with Gasteiger partial charge >= 0.3 is 0 Å². The zero-order valence-electron chi connectivity index (χ0n) is 16.0. The number of hydrogen-bond donors (Lipinski definition) is 0. The fraction of sp³-hybridized carbons (Fsp3) is 0.200. The Morgan fingerprint density at radius 2 is 1.48 bits per heavy atom. The second kappa shape index (κ2) is 6.96. The molecule has 3 aromatic rings. The van der Waals surface area contributed by atoms with Crippen LogP contribution in [0.2, 0.25) is 0 Å². The van der Waals surface area contributed by atoms with E-state index in [0.29, 0.717) is 0 Å². The van der Waals surface area contributed by atoms with Gasteiger partial charge in [0.05, 0.1) is 0 Å². The van der Waals surface area contributed by atoms with Crippen LogP contribution in [0.15, 0.2) is 84.9 Å². The van der Waals surface area contributed by atoms with Gasteiger partial charge in [0.25, 0.3) is 0 Å². The van der Waals surface area contributed by atoms with Gasteiger partial charge in [-0.15, -0.1) is 0 Å². The molecule has 0 N–H and O–H groups in total. The van der Waals surface area contributed by atoms with Crippen molar-refractivity contribution in [3.8, 4) is 11.5 Å². The quantitative estimate of drug-likeness (QED) is 0.538. The second-order valence-corrected chi connectivity index (χ2v) is 7.80. The van der Waals surface area contributed by atoms with E-state index in [-0.39, 0.29) is 11.5 Å². The maximum Gasteiger partial charge on any atom is 0.131 e. The van der Waals surface area contributed by atoms with Crippen LogP contribution >= 0.6 is 0 Å². The van der Waals surface area contributed by atoms with Crippen molar-refractivity contribution in [3.63, 3.8) is 0 Å². The first kappa shape index (κ1) is 17.4. The molecular formula is C25H24O2. The summed E-state index contributed by atoms with van der Waals surface area (Å²) in [6.07, 6.45) is 2.20. The van der Waals surface area contributed by atoms with Crippen molar-refractivity contribution < 1.29 is 9.47 Å². The Morgan fingerprint density at radius 1 is 0.815 bits per heavy atom. The third-order valence-electron chi connectivity index (χ3n) is 4.50. The van der Waals surface area contributed by atoms with Gasteiger partial charge in [-0.3, -0.25) is 0 Å². The van der Waals surface area contributed by atoms with E-state index in [1.165, 1.54) is 5.56 Å². The van der Waals surface area contributed by atoms with Crippen molar-refractivity contribution in [2.24, 2.45) is 0 Å². The highest BCUT2D eigenvalue weighted by atomic mass is 16.5. The lowest BCUT2D eigenvalue weighted by Crippen LogP contribution is -2.23. The first-order chi connectivity index (χ1) is 13.0. The van der Waals surface area contributed by atoms with E-state index < -0.39 is 0 Å². The van der Waals surface area contributed by atoms with Crippen molar-refractivity contribution >= 4 is 5.76 Å². The first-order valence-corrected chi connectivity index (χ1v) is 9.33. The predicted octanol–water partition coefficient (Wildman–Crippen LogP) is 6.43. The minimum absolute atomic E-state index is 0.119. The normalized spacial score (nSPS) is 16.1. The number of rotatable bonds is 3. The fourth-order valence-corrected chi connectivity index (χ4v) is 3.37. The molecule has 1 heterocycles. The summed E-state index contributed by atoms with van der Waals surface area (Å²) in [4.78, 5) is 0. The summed E-state index contributed by atoms with van der Waals surface area (Å²) in [5.41, 5.74) is 3.21. The molecule has 1 aliphatic heterocycles. The summed E-state index contributed by atoms with van der Waals surface area (Å²) < 4.78 is 12.3.